The number of likely N-dealkylation sites (tertiary alicyclic amines) is 1. The van der Waals surface area contributed by atoms with Crippen molar-refractivity contribution in [3.63, 3.8) is 0 Å². The number of nitrogens with zero attached hydrogens (tertiary/aromatic N) is 2. The van der Waals surface area contributed by atoms with Crippen molar-refractivity contribution in [2.45, 2.75) is 69.1 Å². The van der Waals surface area contributed by atoms with E-state index in [0.717, 1.165) is 44.2 Å². The zero-order valence-electron chi connectivity index (χ0n) is 13.3. The molecule has 120 valence electrons. The second-order valence-corrected chi connectivity index (χ2v) is 7.07. The molecule has 0 aromatic heterocycles. The number of aliphatic hydroxyl groups is 1. The lowest BCUT2D eigenvalue weighted by atomic mass is 9.85. The van der Waals surface area contributed by atoms with Crippen LogP contribution in [0.25, 0.3) is 0 Å². The van der Waals surface area contributed by atoms with E-state index >= 15 is 0 Å². The Morgan fingerprint density at radius 1 is 1.24 bits per heavy atom. The molecule has 0 bridgehead atoms. The first-order chi connectivity index (χ1) is 10.2. The summed E-state index contributed by atoms with van der Waals surface area (Å²) >= 11 is 0. The van der Waals surface area contributed by atoms with Crippen molar-refractivity contribution in [2.75, 3.05) is 26.7 Å². The average molecular weight is 294 g/mol. The second-order valence-electron chi connectivity index (χ2n) is 7.07. The summed E-state index contributed by atoms with van der Waals surface area (Å²) in [6.07, 6.45) is 9.33. The Balaban J connectivity index is 1.42. The summed E-state index contributed by atoms with van der Waals surface area (Å²) in [5, 5.41) is 17.4. The summed E-state index contributed by atoms with van der Waals surface area (Å²) in [7, 11) is 1.81. The third-order valence-electron chi connectivity index (χ3n) is 5.22. The molecule has 1 unspecified atom stereocenters. The Morgan fingerprint density at radius 3 is 2.67 bits per heavy atom. The van der Waals surface area contributed by atoms with Crippen LogP contribution in [0.15, 0.2) is 4.99 Å². The average Bonchev–Trinajstić information content (AvgIpc) is 3.24. The maximum Gasteiger partial charge on any atom is 0.191 e. The molecule has 5 heteroatoms. The fourth-order valence-corrected chi connectivity index (χ4v) is 3.70. The normalized spacial score (nSPS) is 30.4. The van der Waals surface area contributed by atoms with Gasteiger partial charge < -0.3 is 15.7 Å². The Hall–Kier alpha value is -0.810. The zero-order chi connectivity index (χ0) is 14.7. The molecule has 1 aliphatic heterocycles. The molecule has 0 amide bonds. The van der Waals surface area contributed by atoms with Crippen LogP contribution in [0.3, 0.4) is 0 Å². The third kappa shape index (κ3) is 4.10. The topological polar surface area (TPSA) is 59.9 Å². The molecule has 1 atom stereocenters. The molecular formula is C16H30N4O. The van der Waals surface area contributed by atoms with Crippen molar-refractivity contribution >= 4 is 5.96 Å². The van der Waals surface area contributed by atoms with Gasteiger partial charge in [-0.05, 0) is 32.1 Å². The summed E-state index contributed by atoms with van der Waals surface area (Å²) in [4.78, 5) is 6.91. The Labute approximate surface area is 128 Å². The molecule has 3 fully saturated rings. The Kier molecular flexibility index (Phi) is 4.69. The van der Waals surface area contributed by atoms with Gasteiger partial charge in [0.15, 0.2) is 5.96 Å². The standard InChI is InChI=1S/C16H30N4O/c1-17-15(18-12-16(21)8-3-2-4-9-16)19-13-7-10-20(11-13)14-5-6-14/h13-14,21H,2-12H2,1H3,(H2,17,18,19). The highest BCUT2D eigenvalue weighted by Gasteiger charge is 2.35. The van der Waals surface area contributed by atoms with Crippen LogP contribution in [0.1, 0.15) is 51.4 Å². The van der Waals surface area contributed by atoms with Crippen LogP contribution in [0, 0.1) is 0 Å². The number of aliphatic imine (C=N–C) groups is 1. The van der Waals surface area contributed by atoms with Gasteiger partial charge in [-0.2, -0.15) is 0 Å². The van der Waals surface area contributed by atoms with Crippen LogP contribution in [0.5, 0.6) is 0 Å². The lowest BCUT2D eigenvalue weighted by Crippen LogP contribution is -2.50. The van der Waals surface area contributed by atoms with Crippen LogP contribution < -0.4 is 10.6 Å². The predicted molar refractivity (Wildman–Crippen MR) is 85.5 cm³/mol. The minimum Gasteiger partial charge on any atom is -0.388 e. The first-order valence-electron chi connectivity index (χ1n) is 8.62. The van der Waals surface area contributed by atoms with Gasteiger partial charge >= 0.3 is 0 Å². The number of rotatable bonds is 4. The first kappa shape index (κ1) is 15.1. The van der Waals surface area contributed by atoms with Gasteiger partial charge in [0.2, 0.25) is 0 Å². The summed E-state index contributed by atoms with van der Waals surface area (Å²) < 4.78 is 0. The number of nitrogens with one attached hydrogen (secondary N) is 2. The molecule has 1 heterocycles. The van der Waals surface area contributed by atoms with Gasteiger partial charge in [0.25, 0.3) is 0 Å². The largest absolute Gasteiger partial charge is 0.388 e. The van der Waals surface area contributed by atoms with Crippen molar-refractivity contribution in [1.82, 2.24) is 15.5 Å². The van der Waals surface area contributed by atoms with E-state index in [4.69, 9.17) is 0 Å². The van der Waals surface area contributed by atoms with Crippen LogP contribution in [0.4, 0.5) is 0 Å². The monoisotopic (exact) mass is 294 g/mol. The minimum atomic E-state index is -0.536. The number of hydrogen-bond acceptors (Lipinski definition) is 3. The molecule has 1 saturated heterocycles. The smallest absolute Gasteiger partial charge is 0.191 e. The van der Waals surface area contributed by atoms with Crippen LogP contribution >= 0.6 is 0 Å². The summed E-state index contributed by atoms with van der Waals surface area (Å²) in [6.45, 7) is 2.96. The van der Waals surface area contributed by atoms with Crippen molar-refractivity contribution in [3.05, 3.63) is 0 Å². The molecule has 5 nitrogen and oxygen atoms in total. The SMILES string of the molecule is CN=C(NCC1(O)CCCCC1)NC1CCN(C2CC2)C1. The number of hydrogen-bond donors (Lipinski definition) is 3. The Morgan fingerprint density at radius 2 is 2.00 bits per heavy atom. The molecule has 3 N–H and O–H groups in total. The first-order valence-corrected chi connectivity index (χ1v) is 8.62. The van der Waals surface area contributed by atoms with Gasteiger partial charge in [-0.15, -0.1) is 0 Å². The molecule has 21 heavy (non-hydrogen) atoms. The highest BCUT2D eigenvalue weighted by Crippen LogP contribution is 2.30. The third-order valence-corrected chi connectivity index (χ3v) is 5.22. The lowest BCUT2D eigenvalue weighted by molar-refractivity contribution is 0.00856. The van der Waals surface area contributed by atoms with E-state index in [1.807, 2.05) is 7.05 Å². The minimum absolute atomic E-state index is 0.498. The molecule has 0 spiro atoms. The molecule has 0 radical (unpaired) electrons. The van der Waals surface area contributed by atoms with E-state index < -0.39 is 5.60 Å². The van der Waals surface area contributed by atoms with Gasteiger partial charge in [0, 0.05) is 38.8 Å². The lowest BCUT2D eigenvalue weighted by Gasteiger charge is -2.33. The van der Waals surface area contributed by atoms with Crippen LogP contribution in [-0.4, -0.2) is 60.3 Å². The predicted octanol–water partition coefficient (Wildman–Crippen LogP) is 1.08. The molecule has 3 rings (SSSR count). The zero-order valence-corrected chi connectivity index (χ0v) is 13.3. The highest BCUT2D eigenvalue weighted by molar-refractivity contribution is 5.80. The molecule has 0 aromatic rings. The van der Waals surface area contributed by atoms with Crippen molar-refractivity contribution < 1.29 is 5.11 Å². The second kappa shape index (κ2) is 6.53. The maximum absolute atomic E-state index is 10.5. The van der Waals surface area contributed by atoms with E-state index in [2.05, 4.69) is 20.5 Å². The fourth-order valence-electron chi connectivity index (χ4n) is 3.70. The van der Waals surface area contributed by atoms with Crippen LogP contribution in [-0.2, 0) is 0 Å². The van der Waals surface area contributed by atoms with Gasteiger partial charge in [-0.3, -0.25) is 9.89 Å². The Bertz CT molecular complexity index is 374. The van der Waals surface area contributed by atoms with Crippen molar-refractivity contribution in [2.24, 2.45) is 4.99 Å². The van der Waals surface area contributed by atoms with Gasteiger partial charge in [-0.1, -0.05) is 19.3 Å². The van der Waals surface area contributed by atoms with Crippen LogP contribution in [0.2, 0.25) is 0 Å². The highest BCUT2D eigenvalue weighted by atomic mass is 16.3. The van der Waals surface area contributed by atoms with Gasteiger partial charge in [0.1, 0.15) is 0 Å². The van der Waals surface area contributed by atoms with Crippen molar-refractivity contribution in [3.8, 4) is 0 Å². The van der Waals surface area contributed by atoms with Gasteiger partial charge in [-0.25, -0.2) is 0 Å². The molecule has 2 aliphatic carbocycles. The van der Waals surface area contributed by atoms with E-state index in [1.54, 1.807) is 0 Å². The van der Waals surface area contributed by atoms with E-state index in [1.165, 1.54) is 32.2 Å². The fraction of sp³-hybridized carbons (Fsp3) is 0.938. The van der Waals surface area contributed by atoms with E-state index in [-0.39, 0.29) is 0 Å². The van der Waals surface area contributed by atoms with Gasteiger partial charge in [0.05, 0.1) is 5.60 Å². The molecule has 2 saturated carbocycles. The quantitative estimate of drug-likeness (QED) is 0.536. The molecular weight excluding hydrogens is 264 g/mol. The van der Waals surface area contributed by atoms with E-state index in [9.17, 15) is 5.11 Å². The summed E-state index contributed by atoms with van der Waals surface area (Å²) in [5.41, 5.74) is -0.536. The summed E-state index contributed by atoms with van der Waals surface area (Å²) in [6, 6.07) is 1.35. The maximum atomic E-state index is 10.5. The number of guanidine groups is 1. The molecule has 3 aliphatic rings. The van der Waals surface area contributed by atoms with E-state index in [0.29, 0.717) is 12.6 Å². The van der Waals surface area contributed by atoms with Crippen molar-refractivity contribution in [1.29, 1.82) is 0 Å². The molecule has 0 aromatic carbocycles. The summed E-state index contributed by atoms with van der Waals surface area (Å²) in [5.74, 6) is 0.844.